The number of anilines is 6. The fourth-order valence-electron chi connectivity index (χ4n) is 9.59. The Balaban J connectivity index is 0.00000406. The minimum atomic E-state index is 0. The largest absolute Gasteiger partial charge is 4.00 e. The molecule has 6 nitrogen and oxygen atoms in total. The van der Waals surface area contributed by atoms with E-state index >= 15 is 0 Å². The van der Waals surface area contributed by atoms with Crippen LogP contribution in [0.3, 0.4) is 0 Å². The summed E-state index contributed by atoms with van der Waals surface area (Å²) in [4.78, 5) is 9.23. The summed E-state index contributed by atoms with van der Waals surface area (Å²) in [5, 5.41) is 18.9. The van der Waals surface area contributed by atoms with Crippen LogP contribution in [0.4, 0.5) is 34.1 Å². The van der Waals surface area contributed by atoms with Crippen molar-refractivity contribution in [3.05, 3.63) is 120 Å². The van der Waals surface area contributed by atoms with Crippen molar-refractivity contribution in [1.29, 1.82) is 10.5 Å². The van der Waals surface area contributed by atoms with Crippen molar-refractivity contribution in [2.24, 2.45) is 0 Å². The first-order valence-corrected chi connectivity index (χ1v) is 17.7. The van der Waals surface area contributed by atoms with Crippen molar-refractivity contribution >= 4 is 34.1 Å². The van der Waals surface area contributed by atoms with Crippen molar-refractivity contribution < 1.29 is 21.1 Å². The first kappa shape index (κ1) is 35.2. The fraction of sp³-hybridized carbons (Fsp3) is 0.364. The molecule has 51 heavy (non-hydrogen) atoms. The van der Waals surface area contributed by atoms with Gasteiger partial charge in [0.05, 0.1) is 0 Å². The van der Waals surface area contributed by atoms with Gasteiger partial charge in [-0.25, -0.2) is 10.5 Å². The summed E-state index contributed by atoms with van der Waals surface area (Å²) in [5.74, 6) is 0. The minimum Gasteiger partial charge on any atom is -0.500 e. The third-order valence-electron chi connectivity index (χ3n) is 11.5. The molecule has 0 atom stereocenters. The minimum absolute atomic E-state index is 0. The number of fused-ring (bicyclic) bond motifs is 4. The Morgan fingerprint density at radius 1 is 0.569 bits per heavy atom. The molecule has 0 saturated heterocycles. The number of benzene rings is 4. The molecule has 260 valence electrons. The molecule has 0 N–H and O–H groups in total. The van der Waals surface area contributed by atoms with Gasteiger partial charge in [-0.2, -0.15) is 49.7 Å². The average Bonchev–Trinajstić information content (AvgIpc) is 3.73. The van der Waals surface area contributed by atoms with Crippen LogP contribution in [0.25, 0.3) is 0 Å². The predicted octanol–water partition coefficient (Wildman–Crippen LogP) is 9.80. The van der Waals surface area contributed by atoms with Crippen molar-refractivity contribution in [2.75, 3.05) is 32.7 Å². The summed E-state index contributed by atoms with van der Waals surface area (Å²) in [5.41, 5.74) is 13.7. The van der Waals surface area contributed by atoms with Gasteiger partial charge in [-0.05, 0) is 81.0 Å². The van der Waals surface area contributed by atoms with Crippen LogP contribution < -0.4 is 19.6 Å². The molecule has 0 aromatic heterocycles. The smallest absolute Gasteiger partial charge is 0.500 e. The molecule has 0 saturated carbocycles. The molecule has 2 aliphatic heterocycles. The summed E-state index contributed by atoms with van der Waals surface area (Å²) in [7, 11) is 0. The molecule has 2 heterocycles. The second-order valence-corrected chi connectivity index (χ2v) is 17.2. The van der Waals surface area contributed by atoms with E-state index in [0.717, 1.165) is 48.7 Å². The van der Waals surface area contributed by atoms with Crippen LogP contribution in [0, 0.1) is 48.1 Å². The zero-order valence-corrected chi connectivity index (χ0v) is 33.0. The van der Waals surface area contributed by atoms with Gasteiger partial charge in [0.1, 0.15) is 0 Å². The second-order valence-electron chi connectivity index (χ2n) is 17.2. The molecule has 8 rings (SSSR count). The predicted molar refractivity (Wildman–Crippen MR) is 202 cm³/mol. The van der Waals surface area contributed by atoms with Crippen LogP contribution in [0.1, 0.15) is 102 Å². The van der Waals surface area contributed by atoms with Crippen LogP contribution in [0.2, 0.25) is 0 Å². The Hall–Kier alpha value is -4.25. The number of hydrogen-bond donors (Lipinski definition) is 0. The molecule has 4 aromatic rings. The van der Waals surface area contributed by atoms with Crippen molar-refractivity contribution in [3.8, 4) is 12.1 Å². The Morgan fingerprint density at radius 2 is 0.902 bits per heavy atom. The normalized spacial score (nSPS) is 19.5. The summed E-state index contributed by atoms with van der Waals surface area (Å²) < 4.78 is 0. The monoisotopic (exact) mass is 851 g/mol. The van der Waals surface area contributed by atoms with Gasteiger partial charge >= 0.3 is 21.1 Å². The third kappa shape index (κ3) is 5.63. The molecule has 4 aliphatic rings. The molecule has 0 bridgehead atoms. The summed E-state index contributed by atoms with van der Waals surface area (Å²) in [6.07, 6.45) is 2.20. The van der Waals surface area contributed by atoms with Gasteiger partial charge in [0, 0.05) is 48.0 Å². The molecule has 0 fully saturated rings. The fourth-order valence-corrected chi connectivity index (χ4v) is 9.59. The van der Waals surface area contributed by atoms with E-state index in [0.29, 0.717) is 11.1 Å². The zero-order valence-electron chi connectivity index (χ0n) is 30.8. The zero-order chi connectivity index (χ0) is 35.4. The first-order chi connectivity index (χ1) is 23.6. The van der Waals surface area contributed by atoms with Crippen molar-refractivity contribution in [3.63, 3.8) is 0 Å². The molecule has 4 aromatic carbocycles. The van der Waals surface area contributed by atoms with E-state index in [1.54, 1.807) is 12.1 Å². The van der Waals surface area contributed by atoms with Crippen LogP contribution >= 0.6 is 0 Å². The van der Waals surface area contributed by atoms with Gasteiger partial charge in [-0.3, -0.25) is 0 Å². The van der Waals surface area contributed by atoms with Gasteiger partial charge in [0.25, 0.3) is 0 Å². The molecular weight excluding hydrogens is 808 g/mol. The molecule has 0 amide bonds. The summed E-state index contributed by atoms with van der Waals surface area (Å²) >= 11 is 0. The van der Waals surface area contributed by atoms with E-state index in [1.807, 2.05) is 24.3 Å². The molecular formula is C44H44N6Pt. The average molecular weight is 852 g/mol. The summed E-state index contributed by atoms with van der Waals surface area (Å²) in [6, 6.07) is 32.1. The van der Waals surface area contributed by atoms with Gasteiger partial charge in [-0.1, -0.05) is 66.5 Å². The van der Waals surface area contributed by atoms with Crippen LogP contribution in [-0.4, -0.2) is 13.1 Å². The van der Waals surface area contributed by atoms with E-state index in [1.165, 1.54) is 33.6 Å². The Labute approximate surface area is 318 Å². The SMILES string of the molecule is CC1(C)CC(C)(C)c2cc3c(cc21)N(CCN1[CH-]N(c2[c-]cc(C#N)cc2)c2cc4c(cc21)C(C)(C)CC4(C)C)[CH-]N3c1[c-]cc(C#N)cc1.[Pt+4]. The van der Waals surface area contributed by atoms with Crippen LogP contribution in [0.5, 0.6) is 0 Å². The standard InChI is InChI=1S/C44H44N6.Pt/c1-41(2)25-43(5,6)35-21-39-37(19-33(35)41)47(27-49(39)31-13-9-29(23-45)10-14-31)17-18-48-28-50(32-15-11-30(24-46)12-16-32)40-22-36-34(20-38(40)48)42(3,4)26-44(36,7)8;/h9-13,15,19-22,27-28H,17-18,25-26H2,1-8H3;/q-4;+4. The maximum atomic E-state index is 9.44. The number of rotatable bonds is 5. The Kier molecular flexibility index (Phi) is 8.20. The van der Waals surface area contributed by atoms with E-state index < -0.39 is 0 Å². The quantitative estimate of drug-likeness (QED) is 0.187. The maximum Gasteiger partial charge on any atom is 4.00 e. The Bertz CT molecular complexity index is 1960. The van der Waals surface area contributed by atoms with Crippen molar-refractivity contribution in [1.82, 2.24) is 0 Å². The van der Waals surface area contributed by atoms with E-state index in [4.69, 9.17) is 0 Å². The van der Waals surface area contributed by atoms with Gasteiger partial charge in [-0.15, -0.1) is 23.5 Å². The molecule has 0 spiro atoms. The number of nitriles is 2. The van der Waals surface area contributed by atoms with Crippen LogP contribution in [-0.2, 0) is 42.7 Å². The van der Waals surface area contributed by atoms with Crippen LogP contribution in [0.15, 0.2) is 60.7 Å². The first-order valence-electron chi connectivity index (χ1n) is 17.7. The van der Waals surface area contributed by atoms with Gasteiger partial charge < -0.3 is 19.6 Å². The Morgan fingerprint density at radius 3 is 1.20 bits per heavy atom. The van der Waals surface area contributed by atoms with E-state index in [2.05, 4.69) is 137 Å². The van der Waals surface area contributed by atoms with Crippen molar-refractivity contribution in [2.45, 2.75) is 89.9 Å². The van der Waals surface area contributed by atoms with Gasteiger partial charge in [0.2, 0.25) is 0 Å². The van der Waals surface area contributed by atoms with E-state index in [-0.39, 0.29) is 42.7 Å². The number of hydrogen-bond acceptors (Lipinski definition) is 6. The molecule has 0 unspecified atom stereocenters. The third-order valence-corrected chi connectivity index (χ3v) is 11.5. The molecule has 0 radical (unpaired) electrons. The maximum absolute atomic E-state index is 9.44. The van der Waals surface area contributed by atoms with Gasteiger partial charge in [0.15, 0.2) is 0 Å². The molecule has 2 aliphatic carbocycles. The molecule has 7 heteroatoms. The topological polar surface area (TPSA) is 60.5 Å². The number of nitrogens with zero attached hydrogens (tertiary/aromatic N) is 6. The summed E-state index contributed by atoms with van der Waals surface area (Å²) in [6.45, 7) is 24.8. The second kappa shape index (κ2) is 11.9. The van der Waals surface area contributed by atoms with E-state index in [9.17, 15) is 10.5 Å².